The molecule has 0 aliphatic carbocycles. The van der Waals surface area contributed by atoms with Crippen LogP contribution in [0.3, 0.4) is 0 Å². The Morgan fingerprint density at radius 1 is 1.44 bits per heavy atom. The molecular weight excluding hydrogens is 234 g/mol. The lowest BCUT2D eigenvalue weighted by Gasteiger charge is -2.26. The van der Waals surface area contributed by atoms with Crippen molar-refractivity contribution in [3.63, 3.8) is 0 Å². The number of hydrogen-bond acceptors (Lipinski definition) is 4. The number of likely N-dealkylation sites (N-methyl/N-ethyl adjacent to an activating group) is 1. The van der Waals surface area contributed by atoms with E-state index in [-0.39, 0.29) is 29.5 Å². The molecule has 0 fully saturated rings. The molecule has 0 aliphatic rings. The van der Waals surface area contributed by atoms with Crippen LogP contribution < -0.4 is 4.74 Å². The molecule has 0 radical (unpaired) electrons. The van der Waals surface area contributed by atoms with Crippen LogP contribution in [-0.4, -0.2) is 47.3 Å². The van der Waals surface area contributed by atoms with Crippen LogP contribution in [-0.2, 0) is 0 Å². The average molecular weight is 253 g/mol. The smallest absolute Gasteiger partial charge is 0.257 e. The number of ether oxygens (including phenoxy) is 1. The Labute approximate surface area is 107 Å². The molecule has 1 aromatic rings. The van der Waals surface area contributed by atoms with E-state index in [4.69, 9.17) is 4.74 Å². The number of rotatable bonds is 4. The number of carbonyl (C=O) groups is 1. The maximum Gasteiger partial charge on any atom is 0.257 e. The van der Waals surface area contributed by atoms with Crippen LogP contribution >= 0.6 is 0 Å². The van der Waals surface area contributed by atoms with Crippen molar-refractivity contribution < 1.29 is 19.7 Å². The van der Waals surface area contributed by atoms with Crippen LogP contribution in [0.15, 0.2) is 18.2 Å². The Morgan fingerprint density at radius 2 is 2.06 bits per heavy atom. The van der Waals surface area contributed by atoms with Crippen LogP contribution in [0.1, 0.15) is 24.2 Å². The summed E-state index contributed by atoms with van der Waals surface area (Å²) in [7, 11) is 2.99. The van der Waals surface area contributed by atoms with Gasteiger partial charge in [0.15, 0.2) is 11.5 Å². The Hall–Kier alpha value is -1.75. The highest BCUT2D eigenvalue weighted by Gasteiger charge is 2.23. The molecule has 0 unspecified atom stereocenters. The lowest BCUT2D eigenvalue weighted by molar-refractivity contribution is 0.0366. The van der Waals surface area contributed by atoms with Crippen molar-refractivity contribution in [2.24, 2.45) is 0 Å². The quantitative estimate of drug-likeness (QED) is 0.847. The minimum Gasteiger partial charge on any atom is -0.504 e. The Balaban J connectivity index is 2.97. The zero-order valence-corrected chi connectivity index (χ0v) is 11.1. The molecule has 0 bridgehead atoms. The molecule has 0 heterocycles. The van der Waals surface area contributed by atoms with Gasteiger partial charge in [0, 0.05) is 13.6 Å². The minimum absolute atomic E-state index is 0.154. The van der Waals surface area contributed by atoms with Crippen LogP contribution in [0.4, 0.5) is 0 Å². The third-order valence-corrected chi connectivity index (χ3v) is 2.42. The van der Waals surface area contributed by atoms with Crippen molar-refractivity contribution in [3.8, 4) is 11.5 Å². The summed E-state index contributed by atoms with van der Waals surface area (Å²) in [6.45, 7) is 3.40. The van der Waals surface area contributed by atoms with Gasteiger partial charge in [-0.15, -0.1) is 0 Å². The first-order valence-electron chi connectivity index (χ1n) is 5.60. The Bertz CT molecular complexity index is 437. The molecule has 1 amide bonds. The van der Waals surface area contributed by atoms with Gasteiger partial charge in [0.25, 0.3) is 5.91 Å². The summed E-state index contributed by atoms with van der Waals surface area (Å²) in [4.78, 5) is 13.5. The molecule has 0 spiro atoms. The van der Waals surface area contributed by atoms with Crippen LogP contribution in [0.25, 0.3) is 0 Å². The number of aliphatic hydroxyl groups is 1. The second-order valence-electron chi connectivity index (χ2n) is 4.83. The van der Waals surface area contributed by atoms with Gasteiger partial charge in [-0.25, -0.2) is 0 Å². The molecule has 0 saturated heterocycles. The molecule has 2 N–H and O–H groups in total. The minimum atomic E-state index is -0.987. The van der Waals surface area contributed by atoms with E-state index in [1.54, 1.807) is 33.0 Å². The first-order valence-corrected chi connectivity index (χ1v) is 5.60. The van der Waals surface area contributed by atoms with E-state index in [1.807, 2.05) is 0 Å². The second-order valence-corrected chi connectivity index (χ2v) is 4.83. The molecule has 0 aliphatic heterocycles. The lowest BCUT2D eigenvalue weighted by Crippen LogP contribution is -2.39. The van der Waals surface area contributed by atoms with E-state index in [2.05, 4.69) is 0 Å². The van der Waals surface area contributed by atoms with Crippen molar-refractivity contribution in [1.82, 2.24) is 4.90 Å². The summed E-state index contributed by atoms with van der Waals surface area (Å²) in [6, 6.07) is 4.72. The predicted octanol–water partition coefficient (Wildman–Crippen LogP) is 1.24. The number of phenols is 1. The maximum atomic E-state index is 12.1. The first kappa shape index (κ1) is 14.3. The number of benzene rings is 1. The monoisotopic (exact) mass is 253 g/mol. The van der Waals surface area contributed by atoms with Gasteiger partial charge in [-0.1, -0.05) is 6.07 Å². The fourth-order valence-corrected chi connectivity index (χ4v) is 1.72. The Morgan fingerprint density at radius 3 is 2.56 bits per heavy atom. The summed E-state index contributed by atoms with van der Waals surface area (Å²) >= 11 is 0. The molecule has 1 aromatic carbocycles. The van der Waals surface area contributed by atoms with Gasteiger partial charge in [-0.3, -0.25) is 4.79 Å². The van der Waals surface area contributed by atoms with Gasteiger partial charge in [-0.05, 0) is 26.0 Å². The number of carbonyl (C=O) groups excluding carboxylic acids is 1. The third-order valence-electron chi connectivity index (χ3n) is 2.42. The van der Waals surface area contributed by atoms with Crippen molar-refractivity contribution >= 4 is 5.91 Å². The third kappa shape index (κ3) is 3.37. The largest absolute Gasteiger partial charge is 0.504 e. The highest BCUT2D eigenvalue weighted by molar-refractivity contribution is 5.97. The van der Waals surface area contributed by atoms with Crippen molar-refractivity contribution in [2.45, 2.75) is 19.4 Å². The highest BCUT2D eigenvalue weighted by atomic mass is 16.5. The first-order chi connectivity index (χ1) is 8.26. The summed E-state index contributed by atoms with van der Waals surface area (Å²) < 4.78 is 4.95. The topological polar surface area (TPSA) is 70.0 Å². The predicted molar refractivity (Wildman–Crippen MR) is 67.9 cm³/mol. The zero-order valence-electron chi connectivity index (χ0n) is 11.1. The summed E-state index contributed by atoms with van der Waals surface area (Å²) in [6.07, 6.45) is 0. The molecule has 0 saturated carbocycles. The fourth-order valence-electron chi connectivity index (χ4n) is 1.72. The molecule has 0 aromatic heterocycles. The number of nitrogens with zero attached hydrogens (tertiary/aromatic N) is 1. The lowest BCUT2D eigenvalue weighted by atomic mass is 10.1. The maximum absolute atomic E-state index is 12.1. The number of phenolic OH excluding ortho intramolecular Hbond substituents is 1. The molecule has 100 valence electrons. The molecule has 5 nitrogen and oxygen atoms in total. The highest BCUT2D eigenvalue weighted by Crippen LogP contribution is 2.30. The zero-order chi connectivity index (χ0) is 13.9. The van der Waals surface area contributed by atoms with Gasteiger partial charge in [-0.2, -0.15) is 0 Å². The summed E-state index contributed by atoms with van der Waals surface area (Å²) in [5, 5.41) is 19.5. The number of hydrogen-bond donors (Lipinski definition) is 2. The molecule has 1 rings (SSSR count). The van der Waals surface area contributed by atoms with E-state index >= 15 is 0 Å². The number of para-hydroxylation sites is 1. The average Bonchev–Trinajstić information content (AvgIpc) is 2.26. The number of aromatic hydroxyl groups is 1. The van der Waals surface area contributed by atoms with Gasteiger partial charge in [0.1, 0.15) is 0 Å². The van der Waals surface area contributed by atoms with Crippen LogP contribution in [0, 0.1) is 0 Å². The van der Waals surface area contributed by atoms with Crippen molar-refractivity contribution in [2.75, 3.05) is 20.7 Å². The second kappa shape index (κ2) is 5.27. The number of amides is 1. The van der Waals surface area contributed by atoms with Crippen LogP contribution in [0.5, 0.6) is 11.5 Å². The molecule has 5 heteroatoms. The standard InChI is InChI=1S/C13H19NO4/c1-13(2,17)8-14(3)12(16)9-6-5-7-10(18-4)11(9)15/h5-7,15,17H,8H2,1-4H3. The van der Waals surface area contributed by atoms with Crippen LogP contribution in [0.2, 0.25) is 0 Å². The van der Waals surface area contributed by atoms with E-state index in [1.165, 1.54) is 18.1 Å². The molecule has 18 heavy (non-hydrogen) atoms. The van der Waals surface area contributed by atoms with Crippen molar-refractivity contribution in [1.29, 1.82) is 0 Å². The van der Waals surface area contributed by atoms with Gasteiger partial charge >= 0.3 is 0 Å². The summed E-state index contributed by atoms with van der Waals surface area (Å²) in [5.41, 5.74) is -0.833. The normalized spacial score (nSPS) is 11.2. The van der Waals surface area contributed by atoms with Crippen molar-refractivity contribution in [3.05, 3.63) is 23.8 Å². The van der Waals surface area contributed by atoms with E-state index in [0.717, 1.165) is 0 Å². The molecular formula is C13H19NO4. The van der Waals surface area contributed by atoms with Gasteiger partial charge in [0.05, 0.1) is 18.3 Å². The van der Waals surface area contributed by atoms with Gasteiger partial charge in [0.2, 0.25) is 0 Å². The van der Waals surface area contributed by atoms with E-state index in [0.29, 0.717) is 0 Å². The number of methoxy groups -OCH3 is 1. The van der Waals surface area contributed by atoms with Gasteiger partial charge < -0.3 is 19.8 Å². The summed E-state index contributed by atoms with van der Waals surface area (Å²) in [5.74, 6) is -0.307. The fraction of sp³-hybridized carbons (Fsp3) is 0.462. The van der Waals surface area contributed by atoms with E-state index in [9.17, 15) is 15.0 Å². The van der Waals surface area contributed by atoms with E-state index < -0.39 is 5.60 Å². The Kier molecular flexibility index (Phi) is 4.19. The SMILES string of the molecule is COc1cccc(C(=O)N(C)CC(C)(C)O)c1O. The molecule has 0 atom stereocenters.